The fourth-order valence-corrected chi connectivity index (χ4v) is 4.10. The highest BCUT2D eigenvalue weighted by molar-refractivity contribution is 5.57. The molecule has 2 heterocycles. The van der Waals surface area contributed by atoms with Gasteiger partial charge in [-0.3, -0.25) is 4.90 Å². The third-order valence-corrected chi connectivity index (χ3v) is 5.03. The lowest BCUT2D eigenvalue weighted by Crippen LogP contribution is -2.37. The predicted octanol–water partition coefficient (Wildman–Crippen LogP) is 3.70. The van der Waals surface area contributed by atoms with Crippen molar-refractivity contribution in [2.75, 3.05) is 25.0 Å². The van der Waals surface area contributed by atoms with Gasteiger partial charge in [0.15, 0.2) is 0 Å². The number of hydrogen-bond acceptors (Lipinski definition) is 2. The summed E-state index contributed by atoms with van der Waals surface area (Å²) in [5.74, 6) is 0.772. The van der Waals surface area contributed by atoms with Crippen LogP contribution in [0.4, 0.5) is 5.69 Å². The Hall–Kier alpha value is -1.80. The summed E-state index contributed by atoms with van der Waals surface area (Å²) >= 11 is 0. The molecule has 0 unspecified atom stereocenters. The maximum atomic E-state index is 2.67. The smallest absolute Gasteiger partial charge is 0.0417 e. The van der Waals surface area contributed by atoms with Crippen LogP contribution in [0.25, 0.3) is 0 Å². The quantitative estimate of drug-likeness (QED) is 0.826. The molecule has 0 radical (unpaired) electrons. The van der Waals surface area contributed by atoms with Crippen molar-refractivity contribution in [1.82, 2.24) is 4.90 Å². The van der Waals surface area contributed by atoms with Crippen LogP contribution in [0.2, 0.25) is 0 Å². The van der Waals surface area contributed by atoms with Crippen molar-refractivity contribution in [3.8, 4) is 0 Å². The molecule has 1 fully saturated rings. The van der Waals surface area contributed by atoms with Crippen LogP contribution in [-0.2, 0) is 6.54 Å². The van der Waals surface area contributed by atoms with Gasteiger partial charge in [-0.1, -0.05) is 48.5 Å². The lowest BCUT2D eigenvalue weighted by molar-refractivity contribution is 0.216. The summed E-state index contributed by atoms with van der Waals surface area (Å²) in [6, 6.07) is 20.4. The second-order valence-electron chi connectivity index (χ2n) is 6.39. The summed E-state index contributed by atoms with van der Waals surface area (Å²) in [5, 5.41) is 0. The maximum Gasteiger partial charge on any atom is 0.0417 e. The third kappa shape index (κ3) is 2.24. The van der Waals surface area contributed by atoms with E-state index in [0.717, 1.165) is 12.5 Å². The molecule has 2 aliphatic rings. The number of nitrogens with zero attached hydrogens (tertiary/aromatic N) is 2. The molecular weight excluding hydrogens is 256 g/mol. The molecule has 0 amide bonds. The maximum absolute atomic E-state index is 2.67. The Morgan fingerprint density at radius 2 is 1.76 bits per heavy atom. The van der Waals surface area contributed by atoms with E-state index < -0.39 is 0 Å². The molecule has 2 atom stereocenters. The molecule has 0 aromatic heterocycles. The fourth-order valence-electron chi connectivity index (χ4n) is 4.10. The van der Waals surface area contributed by atoms with Crippen molar-refractivity contribution >= 4 is 5.69 Å². The summed E-state index contributed by atoms with van der Waals surface area (Å²) in [5.41, 5.74) is 4.36. The average molecular weight is 278 g/mol. The first-order valence-electron chi connectivity index (χ1n) is 7.91. The van der Waals surface area contributed by atoms with Gasteiger partial charge in [0.05, 0.1) is 0 Å². The summed E-state index contributed by atoms with van der Waals surface area (Å²) < 4.78 is 0. The summed E-state index contributed by atoms with van der Waals surface area (Å²) in [4.78, 5) is 5.11. The second kappa shape index (κ2) is 5.19. The summed E-state index contributed by atoms with van der Waals surface area (Å²) in [6.07, 6.45) is 1.32. The lowest BCUT2D eigenvalue weighted by atomic mass is 9.88. The molecule has 108 valence electrons. The van der Waals surface area contributed by atoms with E-state index in [-0.39, 0.29) is 0 Å². The molecule has 2 heteroatoms. The number of fused-ring (bicyclic) bond motifs is 3. The summed E-state index contributed by atoms with van der Waals surface area (Å²) in [7, 11) is 2.23. The number of anilines is 1. The van der Waals surface area contributed by atoms with Crippen molar-refractivity contribution in [2.45, 2.75) is 19.0 Å². The van der Waals surface area contributed by atoms with Crippen LogP contribution in [0.5, 0.6) is 0 Å². The molecule has 0 N–H and O–H groups in total. The van der Waals surface area contributed by atoms with Gasteiger partial charge in [-0.2, -0.15) is 0 Å². The van der Waals surface area contributed by atoms with E-state index >= 15 is 0 Å². The van der Waals surface area contributed by atoms with Crippen LogP contribution in [0.1, 0.15) is 23.6 Å². The predicted molar refractivity (Wildman–Crippen MR) is 87.4 cm³/mol. The Kier molecular flexibility index (Phi) is 3.19. The van der Waals surface area contributed by atoms with E-state index in [1.54, 1.807) is 0 Å². The molecule has 4 rings (SSSR count). The molecule has 2 aromatic rings. The van der Waals surface area contributed by atoms with E-state index in [1.807, 2.05) is 0 Å². The molecule has 0 saturated carbocycles. The van der Waals surface area contributed by atoms with Crippen LogP contribution in [0.3, 0.4) is 0 Å². The van der Waals surface area contributed by atoms with Gasteiger partial charge in [0.2, 0.25) is 0 Å². The number of likely N-dealkylation sites (tertiary alicyclic amines) is 1. The van der Waals surface area contributed by atoms with Gasteiger partial charge in [0.1, 0.15) is 0 Å². The van der Waals surface area contributed by atoms with Crippen molar-refractivity contribution in [1.29, 1.82) is 0 Å². The Morgan fingerprint density at radius 3 is 2.62 bits per heavy atom. The third-order valence-electron chi connectivity index (χ3n) is 5.03. The SMILES string of the molecule is CN1C[C@H]2CCN(Cc3ccccc3)[C@H]2c2ccccc21. The Balaban J connectivity index is 1.66. The zero-order valence-corrected chi connectivity index (χ0v) is 12.6. The van der Waals surface area contributed by atoms with Crippen molar-refractivity contribution < 1.29 is 0 Å². The Bertz CT molecular complexity index is 622. The summed E-state index contributed by atoms with van der Waals surface area (Å²) in [6.45, 7) is 3.47. The fraction of sp³-hybridized carbons (Fsp3) is 0.368. The number of hydrogen-bond donors (Lipinski definition) is 0. The first-order valence-corrected chi connectivity index (χ1v) is 7.91. The first kappa shape index (κ1) is 12.9. The lowest BCUT2D eigenvalue weighted by Gasteiger charge is -2.39. The van der Waals surface area contributed by atoms with Gasteiger partial charge < -0.3 is 4.90 Å². The van der Waals surface area contributed by atoms with Crippen LogP contribution < -0.4 is 4.90 Å². The van der Waals surface area contributed by atoms with Gasteiger partial charge in [-0.15, -0.1) is 0 Å². The van der Waals surface area contributed by atoms with E-state index in [4.69, 9.17) is 0 Å². The number of para-hydroxylation sites is 1. The highest BCUT2D eigenvalue weighted by Gasteiger charge is 2.40. The minimum Gasteiger partial charge on any atom is -0.374 e. The average Bonchev–Trinajstić information content (AvgIpc) is 2.91. The second-order valence-corrected chi connectivity index (χ2v) is 6.39. The van der Waals surface area contributed by atoms with Gasteiger partial charge in [-0.25, -0.2) is 0 Å². The highest BCUT2D eigenvalue weighted by atomic mass is 15.2. The van der Waals surface area contributed by atoms with Crippen molar-refractivity contribution in [3.63, 3.8) is 0 Å². The molecule has 2 aliphatic heterocycles. The molecular formula is C19H22N2. The Labute approximate surface area is 127 Å². The zero-order valence-electron chi connectivity index (χ0n) is 12.6. The van der Waals surface area contributed by atoms with E-state index in [2.05, 4.69) is 71.4 Å². The van der Waals surface area contributed by atoms with Crippen LogP contribution >= 0.6 is 0 Å². The number of rotatable bonds is 2. The minimum atomic E-state index is 0.595. The van der Waals surface area contributed by atoms with Crippen LogP contribution in [-0.4, -0.2) is 25.0 Å². The van der Waals surface area contributed by atoms with E-state index in [1.165, 1.54) is 36.3 Å². The van der Waals surface area contributed by atoms with Gasteiger partial charge in [-0.05, 0) is 36.1 Å². The van der Waals surface area contributed by atoms with E-state index in [0.29, 0.717) is 6.04 Å². The van der Waals surface area contributed by atoms with Gasteiger partial charge in [0.25, 0.3) is 0 Å². The van der Waals surface area contributed by atoms with Crippen molar-refractivity contribution in [3.05, 3.63) is 65.7 Å². The van der Waals surface area contributed by atoms with Gasteiger partial charge in [0, 0.05) is 31.9 Å². The standard InChI is InChI=1S/C19H22N2/c1-20-14-16-11-12-21(13-15-7-3-2-4-8-15)19(16)17-9-5-6-10-18(17)20/h2-10,16,19H,11-14H2,1H3/t16-,19-/m1/s1. The highest BCUT2D eigenvalue weighted by Crippen LogP contribution is 2.45. The normalized spacial score (nSPS) is 24.7. The Morgan fingerprint density at radius 1 is 1.00 bits per heavy atom. The first-order chi connectivity index (χ1) is 10.3. The molecule has 21 heavy (non-hydrogen) atoms. The monoisotopic (exact) mass is 278 g/mol. The van der Waals surface area contributed by atoms with Crippen LogP contribution in [0.15, 0.2) is 54.6 Å². The molecule has 0 spiro atoms. The minimum absolute atomic E-state index is 0.595. The topological polar surface area (TPSA) is 6.48 Å². The molecule has 0 aliphatic carbocycles. The largest absolute Gasteiger partial charge is 0.374 e. The zero-order chi connectivity index (χ0) is 14.2. The molecule has 0 bridgehead atoms. The van der Waals surface area contributed by atoms with Gasteiger partial charge >= 0.3 is 0 Å². The molecule has 2 nitrogen and oxygen atoms in total. The van der Waals surface area contributed by atoms with Crippen LogP contribution in [0, 0.1) is 5.92 Å². The van der Waals surface area contributed by atoms with E-state index in [9.17, 15) is 0 Å². The molecule has 1 saturated heterocycles. The molecule has 2 aromatic carbocycles. The van der Waals surface area contributed by atoms with Crippen molar-refractivity contribution in [2.24, 2.45) is 5.92 Å². The number of benzene rings is 2.